The van der Waals surface area contributed by atoms with Gasteiger partial charge in [-0.05, 0) is 68.5 Å². The molecule has 0 bridgehead atoms. The molecule has 684 valence electrons. The molecule has 0 atom stereocenters. The highest BCUT2D eigenvalue weighted by Crippen LogP contribution is 2.10. The zero-order valence-electron chi connectivity index (χ0n) is 74.1. The largest absolute Gasteiger partial charge is 0.459 e. The van der Waals surface area contributed by atoms with E-state index in [2.05, 4.69) is 28.5 Å². The number of halogens is 1. The number of unbranched alkanes of at least 4 members (excludes halogenated alkanes) is 1. The molecule has 0 saturated heterocycles. The molecule has 8 aromatic heterocycles. The van der Waals surface area contributed by atoms with Gasteiger partial charge < -0.3 is 48.0 Å². The van der Waals surface area contributed by atoms with Crippen LogP contribution in [0.25, 0.3) is 0 Å². The van der Waals surface area contributed by atoms with Crippen molar-refractivity contribution in [3.8, 4) is 11.8 Å². The lowest BCUT2D eigenvalue weighted by atomic mass is 10.0. The van der Waals surface area contributed by atoms with Gasteiger partial charge in [-0.25, -0.2) is 38.4 Å². The maximum Gasteiger partial charge on any atom is 0.330 e. The van der Waals surface area contributed by atoms with Crippen molar-refractivity contribution in [2.24, 2.45) is 98.7 Å². The Balaban J connectivity index is 0. The van der Waals surface area contributed by atoms with Gasteiger partial charge in [0.2, 0.25) is 0 Å². The van der Waals surface area contributed by atoms with Gasteiger partial charge in [-0.15, -0.1) is 0 Å². The molecule has 0 aliphatic rings. The molecule has 0 unspecified atom stereocenters. The molecule has 45 nitrogen and oxygen atoms in total. The predicted octanol–water partition coefficient (Wildman–Crippen LogP) is -3.45. The van der Waals surface area contributed by atoms with Crippen LogP contribution in [0.1, 0.15) is 152 Å². The average Bonchev–Trinajstić information content (AvgIpc) is 0.778. The Morgan fingerprint density at radius 2 is 0.766 bits per heavy atom. The van der Waals surface area contributed by atoms with Gasteiger partial charge in [0.15, 0.2) is 0 Å². The Labute approximate surface area is 721 Å². The van der Waals surface area contributed by atoms with E-state index in [1.54, 1.807) is 35.0 Å². The number of aliphatic hydroxyl groups excluding tert-OH is 2. The number of nitrogens with one attached hydrogen (secondary N) is 2. The Hall–Kier alpha value is -13.3. The number of carbonyl (C=O) groups excluding carboxylic acids is 6. The van der Waals surface area contributed by atoms with Crippen molar-refractivity contribution in [1.82, 2.24) is 73.9 Å². The summed E-state index contributed by atoms with van der Waals surface area (Å²) >= 11 is 1.84. The first-order valence-electron chi connectivity index (χ1n) is 37.3. The third-order valence-corrected chi connectivity index (χ3v) is 18.5. The van der Waals surface area contributed by atoms with Crippen LogP contribution >= 0.6 is 22.6 Å². The van der Waals surface area contributed by atoms with Gasteiger partial charge in [0, 0.05) is 207 Å². The number of hydrogen-bond acceptors (Lipinski definition) is 29. The summed E-state index contributed by atoms with van der Waals surface area (Å²) in [5.74, 6) is 2.55. The number of ether oxygens (including phenoxy) is 5. The number of nitrogens with zero attached hydrogens (tertiary/aromatic N) is 14. The lowest BCUT2D eigenvalue weighted by Crippen LogP contribution is -2.41. The molecule has 0 aliphatic heterocycles. The lowest BCUT2D eigenvalue weighted by molar-refractivity contribution is -0.156. The highest BCUT2D eigenvalue weighted by Gasteiger charge is 2.20. The lowest BCUT2D eigenvalue weighted by Gasteiger charge is -2.14. The zero-order chi connectivity index (χ0) is 96.1. The highest BCUT2D eigenvalue weighted by atomic mass is 127. The number of rotatable bonds is 16. The minimum Gasteiger partial charge on any atom is -0.459 e. The van der Waals surface area contributed by atoms with E-state index in [0.717, 1.165) is 56.1 Å². The van der Waals surface area contributed by atoms with E-state index >= 15 is 0 Å². The molecular formula is C78H111IN16O29. The van der Waals surface area contributed by atoms with Gasteiger partial charge in [0.1, 0.15) is 35.6 Å². The van der Waals surface area contributed by atoms with Gasteiger partial charge >= 0.3 is 81.3 Å². The van der Waals surface area contributed by atoms with E-state index in [-0.39, 0.29) is 85.8 Å². The summed E-state index contributed by atoms with van der Waals surface area (Å²) < 4.78 is 40.2. The van der Waals surface area contributed by atoms with Crippen molar-refractivity contribution in [3.05, 3.63) is 257 Å². The van der Waals surface area contributed by atoms with Crippen LogP contribution in [0.3, 0.4) is 0 Å². The third kappa shape index (κ3) is 33.2. The molecule has 0 fully saturated rings. The molecule has 8 rings (SSSR count). The fourth-order valence-corrected chi connectivity index (χ4v) is 11.0. The Bertz CT molecular complexity index is 6250. The van der Waals surface area contributed by atoms with Gasteiger partial charge in [0.05, 0.1) is 35.1 Å². The summed E-state index contributed by atoms with van der Waals surface area (Å²) in [6.45, 7) is 16.0. The summed E-state index contributed by atoms with van der Waals surface area (Å²) in [7, 11) is 20.9. The second-order valence-corrected chi connectivity index (χ2v) is 27.7. The number of carbonyl (C=O) groups is 6. The molecule has 0 radical (unpaired) electrons. The molecule has 0 aliphatic carbocycles. The average molecular weight is 1860 g/mol. The van der Waals surface area contributed by atoms with Crippen LogP contribution in [-0.4, -0.2) is 127 Å². The molecular weight excluding hydrogens is 1750 g/mol. The van der Waals surface area contributed by atoms with Gasteiger partial charge in [0.25, 0.3) is 44.5 Å². The van der Waals surface area contributed by atoms with E-state index in [9.17, 15) is 105 Å². The van der Waals surface area contributed by atoms with E-state index < -0.39 is 86.6 Å². The highest BCUT2D eigenvalue weighted by molar-refractivity contribution is 14.1. The number of aryl methyl sites for hydroxylation is 2. The Morgan fingerprint density at radius 1 is 0.395 bits per heavy atom. The number of aromatic amines is 2. The topological polar surface area (TPSA) is 563 Å². The normalized spacial score (nSPS) is 10.0. The number of aliphatic hydroxyl groups is 2. The quantitative estimate of drug-likeness (QED) is 0.0240. The summed E-state index contributed by atoms with van der Waals surface area (Å²) in [6.07, 6.45) is 4.83. The first kappa shape index (κ1) is 111. The second kappa shape index (κ2) is 52.8. The minimum atomic E-state index is -0.562. The van der Waals surface area contributed by atoms with E-state index in [0.29, 0.717) is 81.1 Å². The van der Waals surface area contributed by atoms with E-state index in [4.69, 9.17) is 29.2 Å². The molecule has 4 N–H and O–H groups in total. The fraction of sp³-hybridized carbons (Fsp3) is 0.487. The Morgan fingerprint density at radius 3 is 1.17 bits per heavy atom. The van der Waals surface area contributed by atoms with Gasteiger partial charge in [-0.3, -0.25) is 127 Å². The van der Waals surface area contributed by atoms with Crippen molar-refractivity contribution < 1.29 is 64.1 Å². The monoisotopic (exact) mass is 1860 g/mol. The predicted molar refractivity (Wildman–Crippen MR) is 461 cm³/mol. The van der Waals surface area contributed by atoms with Crippen molar-refractivity contribution in [3.63, 3.8) is 0 Å². The first-order chi connectivity index (χ1) is 57.5. The summed E-state index contributed by atoms with van der Waals surface area (Å²) in [5.41, 5.74) is -0.787. The van der Waals surface area contributed by atoms with Gasteiger partial charge in [-0.2, -0.15) is 0 Å². The maximum atomic E-state index is 12.1. The maximum absolute atomic E-state index is 12.1. The molecule has 0 spiro atoms. The van der Waals surface area contributed by atoms with Crippen LogP contribution < -0.4 is 90.0 Å². The van der Waals surface area contributed by atoms with E-state index in [1.165, 1.54) is 175 Å². The van der Waals surface area contributed by atoms with Crippen LogP contribution in [0, 0.1) is 29.3 Å². The SMILES string of the molecule is CC(=O)OC(C)=O.CC(=O)OCc1c(I)c(=O)n(C)c(=O)n1C.CC(=O)OCc1cc(=O)n(C)c(=O)n1C.CCC#Cc1c(COC(C)=O)n(C)c(=O)n(C)c1=O.CCCCc1c(CCCO)n(C)c(=O)n(C)c1=O.CCc1c(COC(C)=O)n(C)c(=O)n(C)c1=O.Cc1cc(=O)[nH]c(=O)[nH]1.Cc1cc(=O)n(C)c(=O)n1C.Cn1c(CO)cc(=O)n(C)c1=O.[HH]. The number of esters is 6. The summed E-state index contributed by atoms with van der Waals surface area (Å²) in [6, 6.07) is 5.26. The Kier molecular flexibility index (Phi) is 47.1. The van der Waals surface area contributed by atoms with Crippen LogP contribution in [-0.2, 0) is 203 Å². The zero-order valence-corrected chi connectivity index (χ0v) is 76.2. The van der Waals surface area contributed by atoms with Crippen LogP contribution in [0.5, 0.6) is 0 Å². The third-order valence-electron chi connectivity index (χ3n) is 17.4. The van der Waals surface area contributed by atoms with Crippen molar-refractivity contribution in [1.29, 1.82) is 0 Å². The molecule has 124 heavy (non-hydrogen) atoms. The molecule has 46 heteroatoms. The summed E-state index contributed by atoms with van der Waals surface area (Å²) in [5, 5.41) is 17.7. The molecule has 0 amide bonds. The van der Waals surface area contributed by atoms with E-state index in [1.807, 2.05) is 41.4 Å². The van der Waals surface area contributed by atoms with Gasteiger partial charge in [-0.1, -0.05) is 39.0 Å². The number of aromatic nitrogens is 16. The van der Waals surface area contributed by atoms with Crippen molar-refractivity contribution >= 4 is 58.4 Å². The first-order valence-corrected chi connectivity index (χ1v) is 38.4. The standard InChI is InChI=1S/C13H16N2O4.C13H22N2O3.C11H16N2O4.C9H11IN2O4.C9H12N2O4.C7H10N2O3.C7H10N2O2.C5H6N2O2.C4H6O3.H2/c1-5-6-7-10-11(8-19-9(2)16)14(3)13(18)15(4)12(10)17;1-4-5-7-10-11(8-6-9-16)14(2)13(18)15(3)12(10)17;1-5-8-9(6-17-7(2)14)12(3)11(16)13(4)10(8)15;1-5(13)16-4-6-7(10)8(14)12(3)9(15)11(6)2;1-6(12)15-5-7-4-8(13)11(3)9(14)10(7)2;1-8-5(4-10)3-6(11)9(2)7(8)12;1-5-4-6(10)9(3)7(11)8(5)2;1-3-2-4(8)7-5(9)6-3;1-3(5)7-4(2)6;/h5,8H2,1-4H3;16H,4-9H2,1-3H3;5-6H2,1-4H3;4H2,1-3H3;4H,5H2,1-3H3;3,10H,4H2,1-2H3;4H,1-3H3;2H,1H3,(H2,6,7,8,9);1-2H3;1H. The molecule has 8 aromatic rings. The van der Waals surface area contributed by atoms with Crippen molar-refractivity contribution in [2.45, 2.75) is 154 Å². The smallest absolute Gasteiger partial charge is 0.330 e. The molecule has 0 aromatic carbocycles. The summed E-state index contributed by atoms with van der Waals surface area (Å²) in [4.78, 5) is 249. The molecule has 0 saturated carbocycles. The number of H-pyrrole nitrogens is 2. The second-order valence-electron chi connectivity index (χ2n) is 26.6. The molecule has 8 heterocycles. The van der Waals surface area contributed by atoms with Crippen LogP contribution in [0.2, 0.25) is 0 Å². The fourth-order valence-electron chi connectivity index (χ4n) is 10.2. The minimum absolute atomic E-state index is 0. The van der Waals surface area contributed by atoms with Crippen LogP contribution in [0.4, 0.5) is 0 Å². The number of hydrogen-bond donors (Lipinski definition) is 4. The van der Waals surface area contributed by atoms with Crippen molar-refractivity contribution in [2.75, 3.05) is 6.61 Å². The van der Waals surface area contributed by atoms with Crippen LogP contribution in [0.15, 0.2) is 101 Å².